The van der Waals surface area contributed by atoms with Crippen molar-refractivity contribution in [3.63, 3.8) is 0 Å². The zero-order chi connectivity index (χ0) is 16.4. The Balaban J connectivity index is 1.79. The first-order valence-electron chi connectivity index (χ1n) is 6.94. The number of benzene rings is 2. The highest BCUT2D eigenvalue weighted by molar-refractivity contribution is 7.99. The molecule has 1 aliphatic rings. The summed E-state index contributed by atoms with van der Waals surface area (Å²) in [4.78, 5) is 14.2. The average Bonchev–Trinajstić information content (AvgIpc) is 2.96. The molecule has 0 unspecified atom stereocenters. The topological polar surface area (TPSA) is 32.3 Å². The first-order chi connectivity index (χ1) is 11.0. The maximum atomic E-state index is 13.2. The molecule has 0 bridgehead atoms. The molecule has 1 heterocycles. The number of amides is 2. The highest BCUT2D eigenvalue weighted by atomic mass is 35.5. The number of halogens is 3. The lowest BCUT2D eigenvalue weighted by Crippen LogP contribution is -2.34. The van der Waals surface area contributed by atoms with E-state index in [2.05, 4.69) is 5.32 Å². The number of urea groups is 1. The number of nitrogens with one attached hydrogen (secondary N) is 1. The number of rotatable bonds is 2. The number of carbonyl (C=O) groups is 1. The first-order valence-corrected chi connectivity index (χ1v) is 8.75. The smallest absolute Gasteiger partial charge is 0.308 e. The van der Waals surface area contributed by atoms with Gasteiger partial charge in [-0.2, -0.15) is 0 Å². The number of anilines is 1. The molecule has 120 valence electrons. The van der Waals surface area contributed by atoms with Gasteiger partial charge in [0.15, 0.2) is 0 Å². The van der Waals surface area contributed by atoms with Crippen molar-refractivity contribution in [2.24, 2.45) is 0 Å². The van der Waals surface area contributed by atoms with Crippen molar-refractivity contribution in [1.82, 2.24) is 4.90 Å². The monoisotopic (exact) mass is 370 g/mol. The quantitative estimate of drug-likeness (QED) is 0.765. The molecule has 1 aliphatic heterocycles. The van der Waals surface area contributed by atoms with Crippen molar-refractivity contribution >= 4 is 46.7 Å². The van der Waals surface area contributed by atoms with E-state index in [0.29, 0.717) is 22.3 Å². The second kappa shape index (κ2) is 6.99. The van der Waals surface area contributed by atoms with Crippen LogP contribution in [-0.4, -0.2) is 23.2 Å². The normalized spacial score (nSPS) is 17.3. The molecule has 1 fully saturated rings. The molecule has 2 aromatic rings. The highest BCUT2D eigenvalue weighted by Gasteiger charge is 2.32. The highest BCUT2D eigenvalue weighted by Crippen LogP contribution is 2.41. The molecule has 3 rings (SSSR count). The van der Waals surface area contributed by atoms with Crippen LogP contribution in [0.1, 0.15) is 10.9 Å². The number of thioether (sulfide) groups is 1. The van der Waals surface area contributed by atoms with Crippen LogP contribution in [0.4, 0.5) is 14.9 Å². The first kappa shape index (κ1) is 16.4. The van der Waals surface area contributed by atoms with Crippen molar-refractivity contribution in [2.75, 3.05) is 17.6 Å². The Bertz CT molecular complexity index is 744. The standard InChI is InChI=1S/C16H13Cl2FN2OS/c17-10-4-5-13(14(18)8-10)15-21(6-7-23-15)16(22)20-12-3-1-2-11(19)9-12/h1-5,8-9,15H,6-7H2,(H,20,22)/t15-/m1/s1. The summed E-state index contributed by atoms with van der Waals surface area (Å²) in [5.41, 5.74) is 1.26. The van der Waals surface area contributed by atoms with E-state index in [4.69, 9.17) is 23.2 Å². The molecule has 3 nitrogen and oxygen atoms in total. The van der Waals surface area contributed by atoms with Gasteiger partial charge in [-0.25, -0.2) is 9.18 Å². The molecule has 0 aromatic heterocycles. The molecule has 7 heteroatoms. The third-order valence-corrected chi connectivity index (χ3v) is 5.26. The zero-order valence-corrected chi connectivity index (χ0v) is 14.3. The molecular formula is C16H13Cl2FN2OS. The van der Waals surface area contributed by atoms with Gasteiger partial charge in [-0.1, -0.05) is 35.3 Å². The minimum absolute atomic E-state index is 0.187. The fraction of sp³-hybridized carbons (Fsp3) is 0.188. The van der Waals surface area contributed by atoms with E-state index in [-0.39, 0.29) is 11.4 Å². The van der Waals surface area contributed by atoms with E-state index in [1.807, 2.05) is 6.07 Å². The Morgan fingerprint density at radius 2 is 2.09 bits per heavy atom. The molecule has 0 aliphatic carbocycles. The molecule has 1 saturated heterocycles. The second-order valence-corrected chi connectivity index (χ2v) is 7.05. The van der Waals surface area contributed by atoms with Crippen LogP contribution < -0.4 is 5.32 Å². The SMILES string of the molecule is O=C(Nc1cccc(F)c1)N1CCS[C@@H]1c1ccc(Cl)cc1Cl. The van der Waals surface area contributed by atoms with E-state index < -0.39 is 5.82 Å². The Labute approximate surface area is 147 Å². The minimum atomic E-state index is -0.393. The summed E-state index contributed by atoms with van der Waals surface area (Å²) in [6.07, 6.45) is 0. The van der Waals surface area contributed by atoms with Gasteiger partial charge in [-0.3, -0.25) is 0 Å². The molecule has 0 saturated carbocycles. The molecule has 1 atom stereocenters. The second-order valence-electron chi connectivity index (χ2n) is 5.02. The summed E-state index contributed by atoms with van der Waals surface area (Å²) in [6, 6.07) is 10.8. The maximum Gasteiger partial charge on any atom is 0.323 e. The summed E-state index contributed by atoms with van der Waals surface area (Å²) in [6.45, 7) is 0.593. The number of hydrogen-bond acceptors (Lipinski definition) is 2. The zero-order valence-electron chi connectivity index (χ0n) is 11.9. The summed E-state index contributed by atoms with van der Waals surface area (Å²) >= 11 is 13.8. The van der Waals surface area contributed by atoms with E-state index in [1.54, 1.807) is 40.9 Å². The van der Waals surface area contributed by atoms with Crippen LogP contribution in [0.5, 0.6) is 0 Å². The lowest BCUT2D eigenvalue weighted by atomic mass is 10.2. The summed E-state index contributed by atoms with van der Waals surface area (Å²) in [5, 5.41) is 3.61. The molecule has 1 N–H and O–H groups in total. The van der Waals surface area contributed by atoms with Crippen molar-refractivity contribution in [3.8, 4) is 0 Å². The molecule has 2 amide bonds. The Morgan fingerprint density at radius 1 is 1.26 bits per heavy atom. The third kappa shape index (κ3) is 3.74. The van der Waals surface area contributed by atoms with Crippen LogP contribution in [0, 0.1) is 5.82 Å². The van der Waals surface area contributed by atoms with Crippen molar-refractivity contribution in [1.29, 1.82) is 0 Å². The van der Waals surface area contributed by atoms with Gasteiger partial charge in [0.2, 0.25) is 0 Å². The maximum absolute atomic E-state index is 13.2. The molecule has 23 heavy (non-hydrogen) atoms. The lowest BCUT2D eigenvalue weighted by Gasteiger charge is -2.25. The number of hydrogen-bond donors (Lipinski definition) is 1. The van der Waals surface area contributed by atoms with Crippen molar-refractivity contribution in [3.05, 3.63) is 63.9 Å². The Kier molecular flexibility index (Phi) is 4.99. The number of carbonyl (C=O) groups excluding carboxylic acids is 1. The van der Waals surface area contributed by atoms with Gasteiger partial charge in [0.1, 0.15) is 11.2 Å². The Hall–Kier alpha value is -1.43. The van der Waals surface area contributed by atoms with Gasteiger partial charge in [0.05, 0.1) is 0 Å². The third-order valence-electron chi connectivity index (χ3n) is 3.46. The van der Waals surface area contributed by atoms with Gasteiger partial charge in [0, 0.05) is 33.6 Å². The number of nitrogens with zero attached hydrogens (tertiary/aromatic N) is 1. The predicted molar refractivity (Wildman–Crippen MR) is 93.8 cm³/mol. The van der Waals surface area contributed by atoms with Gasteiger partial charge in [-0.15, -0.1) is 11.8 Å². The summed E-state index contributed by atoms with van der Waals surface area (Å²) in [5.74, 6) is 0.413. The Morgan fingerprint density at radius 3 is 2.83 bits per heavy atom. The van der Waals surface area contributed by atoms with Crippen LogP contribution in [0.3, 0.4) is 0 Å². The van der Waals surface area contributed by atoms with Crippen molar-refractivity contribution in [2.45, 2.75) is 5.37 Å². The minimum Gasteiger partial charge on any atom is -0.308 e. The average molecular weight is 371 g/mol. The largest absolute Gasteiger partial charge is 0.323 e. The van der Waals surface area contributed by atoms with Gasteiger partial charge >= 0.3 is 6.03 Å². The van der Waals surface area contributed by atoms with Crippen LogP contribution in [0.15, 0.2) is 42.5 Å². The molecule has 0 spiro atoms. The predicted octanol–water partition coefficient (Wildman–Crippen LogP) is 5.41. The van der Waals surface area contributed by atoms with Crippen LogP contribution in [-0.2, 0) is 0 Å². The summed E-state index contributed by atoms with van der Waals surface area (Å²) in [7, 11) is 0. The van der Waals surface area contributed by atoms with E-state index in [9.17, 15) is 9.18 Å². The fourth-order valence-corrected chi connectivity index (χ4v) is 4.27. The lowest BCUT2D eigenvalue weighted by molar-refractivity contribution is 0.214. The fourth-order valence-electron chi connectivity index (χ4n) is 2.40. The van der Waals surface area contributed by atoms with Gasteiger partial charge in [0.25, 0.3) is 0 Å². The molecule has 2 aromatic carbocycles. The van der Waals surface area contributed by atoms with E-state index in [0.717, 1.165) is 11.3 Å². The summed E-state index contributed by atoms with van der Waals surface area (Å²) < 4.78 is 13.2. The molecular weight excluding hydrogens is 358 g/mol. The van der Waals surface area contributed by atoms with E-state index in [1.165, 1.54) is 12.1 Å². The van der Waals surface area contributed by atoms with Gasteiger partial charge < -0.3 is 10.2 Å². The van der Waals surface area contributed by atoms with Crippen LogP contribution in [0.25, 0.3) is 0 Å². The van der Waals surface area contributed by atoms with E-state index >= 15 is 0 Å². The molecule has 0 radical (unpaired) electrons. The van der Waals surface area contributed by atoms with Crippen molar-refractivity contribution < 1.29 is 9.18 Å². The van der Waals surface area contributed by atoms with Crippen LogP contribution >= 0.6 is 35.0 Å². The van der Waals surface area contributed by atoms with Crippen LogP contribution in [0.2, 0.25) is 10.0 Å². The van der Waals surface area contributed by atoms with Gasteiger partial charge in [-0.05, 0) is 30.3 Å².